The number of fused-ring (bicyclic) bond motifs is 2. The first-order chi connectivity index (χ1) is 17.0. The van der Waals surface area contributed by atoms with Crippen LogP contribution in [0.4, 0.5) is 15.9 Å². The third-order valence-electron chi connectivity index (χ3n) is 7.18. The fourth-order valence-electron chi connectivity index (χ4n) is 5.19. The maximum atomic E-state index is 14.3. The molecule has 2 aliphatic heterocycles. The maximum absolute atomic E-state index is 14.3. The van der Waals surface area contributed by atoms with Gasteiger partial charge in [0.2, 0.25) is 0 Å². The molecule has 1 aromatic heterocycles. The first kappa shape index (κ1) is 24.0. The molecule has 3 heterocycles. The summed E-state index contributed by atoms with van der Waals surface area (Å²) in [6.45, 7) is 4.19. The van der Waals surface area contributed by atoms with Crippen LogP contribution in [0.1, 0.15) is 24.1 Å². The highest BCUT2D eigenvalue weighted by atomic mass is 35.5. The van der Waals surface area contributed by atoms with Crippen molar-refractivity contribution >= 4 is 33.9 Å². The molecule has 3 aromatic rings. The van der Waals surface area contributed by atoms with Gasteiger partial charge in [0.25, 0.3) is 0 Å². The van der Waals surface area contributed by atoms with Crippen molar-refractivity contribution in [1.29, 1.82) is 0 Å². The van der Waals surface area contributed by atoms with Gasteiger partial charge in [-0.3, -0.25) is 0 Å². The van der Waals surface area contributed by atoms with Crippen LogP contribution < -0.4 is 20.3 Å². The number of hydrogen-bond acceptors (Lipinski definition) is 7. The Bertz CT molecular complexity index is 1220. The van der Waals surface area contributed by atoms with Gasteiger partial charge in [0.1, 0.15) is 18.2 Å². The molecule has 1 atom stereocenters. The van der Waals surface area contributed by atoms with E-state index < -0.39 is 5.82 Å². The maximum Gasteiger partial charge on any atom is 0.318 e. The van der Waals surface area contributed by atoms with E-state index in [1.807, 2.05) is 25.2 Å². The average Bonchev–Trinajstić information content (AvgIpc) is 3.28. The minimum absolute atomic E-state index is 0.152. The molecular weight excluding hydrogens is 467 g/mol. The predicted octanol–water partition coefficient (Wildman–Crippen LogP) is 3.85. The molecule has 0 aliphatic carbocycles. The highest BCUT2D eigenvalue weighted by molar-refractivity contribution is 6.36. The Morgan fingerprint density at radius 3 is 2.86 bits per heavy atom. The molecule has 2 N–H and O–H groups in total. The van der Waals surface area contributed by atoms with Crippen molar-refractivity contribution in [1.82, 2.24) is 14.9 Å². The Morgan fingerprint density at radius 2 is 2.09 bits per heavy atom. The number of likely N-dealkylation sites (N-methyl/N-ethyl adjacent to an activating group) is 2. The molecule has 186 valence electrons. The Kier molecular flexibility index (Phi) is 6.95. The molecule has 5 rings (SSSR count). The van der Waals surface area contributed by atoms with Gasteiger partial charge in [-0.25, -0.2) is 4.39 Å². The van der Waals surface area contributed by atoms with Crippen molar-refractivity contribution in [2.45, 2.75) is 31.8 Å². The summed E-state index contributed by atoms with van der Waals surface area (Å²) in [6.07, 6.45) is 3.06. The lowest BCUT2D eigenvalue weighted by Gasteiger charge is -2.33. The molecule has 0 bridgehead atoms. The Labute approximate surface area is 210 Å². The Balaban J connectivity index is 1.49. The zero-order valence-corrected chi connectivity index (χ0v) is 21.1. The SMILES string of the molecule is CN(CCN)c1nc(OCC2CCCN2C)nc2c1CCN(c1cccc3ccc(F)c(Cl)c13)C2. The van der Waals surface area contributed by atoms with Gasteiger partial charge in [0, 0.05) is 49.4 Å². The Hall–Kier alpha value is -2.68. The van der Waals surface area contributed by atoms with Crippen molar-refractivity contribution < 1.29 is 9.13 Å². The molecule has 1 unspecified atom stereocenters. The van der Waals surface area contributed by atoms with Gasteiger partial charge in [-0.15, -0.1) is 0 Å². The lowest BCUT2D eigenvalue weighted by Crippen LogP contribution is -2.35. The molecular formula is C26H32ClFN6O. The van der Waals surface area contributed by atoms with Gasteiger partial charge in [0.15, 0.2) is 0 Å². The van der Waals surface area contributed by atoms with Crippen LogP contribution in [0.15, 0.2) is 30.3 Å². The minimum Gasteiger partial charge on any atom is -0.462 e. The van der Waals surface area contributed by atoms with Gasteiger partial charge in [0.05, 0.1) is 17.3 Å². The summed E-state index contributed by atoms with van der Waals surface area (Å²) in [6, 6.07) is 9.89. The van der Waals surface area contributed by atoms with E-state index in [0.29, 0.717) is 38.3 Å². The first-order valence-electron chi connectivity index (χ1n) is 12.2. The molecule has 0 amide bonds. The number of likely N-dealkylation sites (tertiary alicyclic amines) is 1. The van der Waals surface area contributed by atoms with Crippen molar-refractivity contribution in [3.8, 4) is 6.01 Å². The van der Waals surface area contributed by atoms with E-state index in [9.17, 15) is 4.39 Å². The quantitative estimate of drug-likeness (QED) is 0.530. The predicted molar refractivity (Wildman–Crippen MR) is 139 cm³/mol. The van der Waals surface area contributed by atoms with E-state index in [1.165, 1.54) is 12.5 Å². The number of hydrogen-bond donors (Lipinski definition) is 1. The van der Waals surface area contributed by atoms with Gasteiger partial charge in [-0.2, -0.15) is 9.97 Å². The molecule has 35 heavy (non-hydrogen) atoms. The van der Waals surface area contributed by atoms with Crippen LogP contribution in [-0.4, -0.2) is 67.8 Å². The van der Waals surface area contributed by atoms with Crippen LogP contribution >= 0.6 is 11.6 Å². The van der Waals surface area contributed by atoms with E-state index >= 15 is 0 Å². The largest absolute Gasteiger partial charge is 0.462 e. The van der Waals surface area contributed by atoms with Crippen LogP contribution in [0.3, 0.4) is 0 Å². The van der Waals surface area contributed by atoms with Gasteiger partial charge in [-0.1, -0.05) is 29.8 Å². The molecule has 7 nitrogen and oxygen atoms in total. The lowest BCUT2D eigenvalue weighted by molar-refractivity contribution is 0.187. The average molecular weight is 499 g/mol. The number of halogens is 2. The standard InChI is InChI=1S/C26H32ClFN6O/c1-32-12-4-6-18(32)16-35-26-30-21-15-34(13-10-19(21)25(31-26)33(2)14-11-29)22-7-3-5-17-8-9-20(28)24(27)23(17)22/h3,5,7-9,18H,4,6,10-16,29H2,1-2H3. The summed E-state index contributed by atoms with van der Waals surface area (Å²) in [5.41, 5.74) is 8.78. The Morgan fingerprint density at radius 1 is 1.23 bits per heavy atom. The fourth-order valence-corrected chi connectivity index (χ4v) is 5.46. The number of rotatable bonds is 7. The number of aromatic nitrogens is 2. The van der Waals surface area contributed by atoms with Crippen LogP contribution in [0.2, 0.25) is 5.02 Å². The monoisotopic (exact) mass is 498 g/mol. The third-order valence-corrected chi connectivity index (χ3v) is 7.55. The highest BCUT2D eigenvalue weighted by Gasteiger charge is 2.27. The second-order valence-electron chi connectivity index (χ2n) is 9.46. The van der Waals surface area contributed by atoms with Crippen molar-refractivity contribution in [3.05, 3.63) is 52.4 Å². The summed E-state index contributed by atoms with van der Waals surface area (Å²) >= 11 is 6.42. The van der Waals surface area contributed by atoms with Crippen molar-refractivity contribution in [2.75, 3.05) is 56.7 Å². The first-order valence-corrected chi connectivity index (χ1v) is 12.6. The normalized spacial score (nSPS) is 18.2. The fraction of sp³-hybridized carbons (Fsp3) is 0.462. The van der Waals surface area contributed by atoms with E-state index in [-0.39, 0.29) is 5.02 Å². The number of nitrogens with zero attached hydrogens (tertiary/aromatic N) is 5. The lowest BCUT2D eigenvalue weighted by atomic mass is 10.0. The smallest absolute Gasteiger partial charge is 0.318 e. The van der Waals surface area contributed by atoms with Crippen LogP contribution in [-0.2, 0) is 13.0 Å². The van der Waals surface area contributed by atoms with E-state index in [0.717, 1.165) is 59.5 Å². The summed E-state index contributed by atoms with van der Waals surface area (Å²) < 4.78 is 20.5. The highest BCUT2D eigenvalue weighted by Crippen LogP contribution is 2.37. The van der Waals surface area contributed by atoms with Crippen LogP contribution in [0, 0.1) is 5.82 Å². The molecule has 9 heteroatoms. The second-order valence-corrected chi connectivity index (χ2v) is 9.84. The number of benzene rings is 2. The van der Waals surface area contributed by atoms with E-state index in [2.05, 4.69) is 21.7 Å². The second kappa shape index (κ2) is 10.1. The summed E-state index contributed by atoms with van der Waals surface area (Å²) in [4.78, 5) is 16.2. The summed E-state index contributed by atoms with van der Waals surface area (Å²) in [5, 5.41) is 1.79. The molecule has 0 saturated carbocycles. The number of anilines is 2. The van der Waals surface area contributed by atoms with Gasteiger partial charge in [-0.05, 0) is 50.4 Å². The topological polar surface area (TPSA) is 70.7 Å². The molecule has 1 fully saturated rings. The summed E-state index contributed by atoms with van der Waals surface area (Å²) in [5.74, 6) is 0.460. The van der Waals surface area contributed by atoms with E-state index in [4.69, 9.17) is 32.0 Å². The molecule has 2 aromatic carbocycles. The molecule has 0 spiro atoms. The van der Waals surface area contributed by atoms with Crippen molar-refractivity contribution in [3.63, 3.8) is 0 Å². The number of nitrogens with two attached hydrogens (primary N) is 1. The minimum atomic E-state index is -0.412. The van der Waals surface area contributed by atoms with Crippen molar-refractivity contribution in [2.24, 2.45) is 5.73 Å². The van der Waals surface area contributed by atoms with Gasteiger partial charge < -0.3 is 25.2 Å². The molecule has 0 radical (unpaired) electrons. The zero-order valence-electron chi connectivity index (χ0n) is 20.3. The number of ether oxygens (including phenoxy) is 1. The van der Waals surface area contributed by atoms with Crippen LogP contribution in [0.5, 0.6) is 6.01 Å². The third kappa shape index (κ3) is 4.75. The van der Waals surface area contributed by atoms with Crippen LogP contribution in [0.25, 0.3) is 10.8 Å². The van der Waals surface area contributed by atoms with Gasteiger partial charge >= 0.3 is 6.01 Å². The zero-order chi connectivity index (χ0) is 24.5. The van der Waals surface area contributed by atoms with E-state index in [1.54, 1.807) is 6.07 Å². The molecule has 1 saturated heterocycles. The summed E-state index contributed by atoms with van der Waals surface area (Å²) in [7, 11) is 4.13. The molecule has 2 aliphatic rings.